The lowest BCUT2D eigenvalue weighted by Crippen LogP contribution is -2.04. The summed E-state index contributed by atoms with van der Waals surface area (Å²) in [7, 11) is 0. The van der Waals surface area contributed by atoms with E-state index < -0.39 is 12.3 Å². The average Bonchev–Trinajstić information content (AvgIpc) is 2.35. The van der Waals surface area contributed by atoms with Crippen molar-refractivity contribution in [2.24, 2.45) is 0 Å². The van der Waals surface area contributed by atoms with Gasteiger partial charge in [-0.05, 0) is 6.08 Å². The van der Waals surface area contributed by atoms with Gasteiger partial charge in [0.15, 0.2) is 0 Å². The highest BCUT2D eigenvalue weighted by molar-refractivity contribution is 5.84. The number of aliphatic hydroxyl groups is 1. The first-order valence-corrected chi connectivity index (χ1v) is 3.41. The van der Waals surface area contributed by atoms with E-state index in [1.54, 1.807) is 0 Å². The molecule has 0 fully saturated rings. The van der Waals surface area contributed by atoms with Gasteiger partial charge in [0, 0.05) is 13.0 Å². The minimum atomic E-state index is -1.01. The van der Waals surface area contributed by atoms with E-state index in [-0.39, 0.29) is 5.97 Å². The number of hydrogen-bond acceptors (Lipinski definition) is 5. The molecule has 72 valence electrons. The number of carbonyl (C=O) groups excluding carboxylic acids is 2. The van der Waals surface area contributed by atoms with Crippen LogP contribution in [0.2, 0.25) is 0 Å². The molecule has 1 atom stereocenters. The highest BCUT2D eigenvalue weighted by Gasteiger charge is 2.10. The fourth-order valence-corrected chi connectivity index (χ4v) is 0.476. The van der Waals surface area contributed by atoms with Crippen LogP contribution < -0.4 is 0 Å². The van der Waals surface area contributed by atoms with Crippen LogP contribution in [-0.2, 0) is 19.1 Å². The van der Waals surface area contributed by atoms with Gasteiger partial charge < -0.3 is 14.6 Å². The summed E-state index contributed by atoms with van der Waals surface area (Å²) in [5, 5.41) is 8.37. The molecule has 0 bridgehead atoms. The molecule has 1 N–H and O–H groups in total. The molecule has 5 heteroatoms. The van der Waals surface area contributed by atoms with Gasteiger partial charge in [-0.15, -0.1) is 0 Å². The van der Waals surface area contributed by atoms with Gasteiger partial charge in [0.25, 0.3) is 0 Å². The molecule has 0 radical (unpaired) electrons. The van der Waals surface area contributed by atoms with E-state index in [2.05, 4.69) is 16.1 Å². The Morgan fingerprint density at radius 3 is 2.54 bits per heavy atom. The monoisotopic (exact) mass is 186 g/mol. The summed E-state index contributed by atoms with van der Waals surface area (Å²) in [6.07, 6.45) is 2.56. The van der Waals surface area contributed by atoms with Crippen molar-refractivity contribution in [1.82, 2.24) is 0 Å². The Hall–Kier alpha value is -1.62. The predicted octanol–water partition coefficient (Wildman–Crippen LogP) is 0.111. The summed E-state index contributed by atoms with van der Waals surface area (Å²) < 4.78 is 8.33. The van der Waals surface area contributed by atoms with Crippen molar-refractivity contribution in [2.75, 3.05) is 0 Å². The third kappa shape index (κ3) is 6.77. The molecule has 1 unspecified atom stereocenters. The third-order valence-electron chi connectivity index (χ3n) is 0.883. The van der Waals surface area contributed by atoms with Crippen molar-refractivity contribution in [3.63, 3.8) is 0 Å². The Morgan fingerprint density at radius 2 is 2.46 bits per heavy atom. The van der Waals surface area contributed by atoms with Crippen molar-refractivity contribution < 1.29 is 24.2 Å². The van der Waals surface area contributed by atoms with E-state index in [1.807, 2.05) is 0 Å². The van der Waals surface area contributed by atoms with Gasteiger partial charge in [0.2, 0.25) is 6.29 Å². The van der Waals surface area contributed by atoms with Crippen LogP contribution in [0, 0.1) is 0 Å². The lowest BCUT2D eigenvalue weighted by Gasteiger charge is -1.94. The summed E-state index contributed by atoms with van der Waals surface area (Å²) >= 11 is 0. The molecule has 0 aliphatic carbocycles. The number of rotatable bonds is 1. The predicted molar refractivity (Wildman–Crippen MR) is 43.2 cm³/mol. The summed E-state index contributed by atoms with van der Waals surface area (Å²) in [5.74, 6) is -0.808. The topological polar surface area (TPSA) is 72.8 Å². The first-order valence-electron chi connectivity index (χ1n) is 3.41. The van der Waals surface area contributed by atoms with E-state index in [1.165, 1.54) is 19.1 Å². The normalized spacial score (nSPS) is 18.3. The van der Waals surface area contributed by atoms with Gasteiger partial charge in [0.05, 0.1) is 6.26 Å². The van der Waals surface area contributed by atoms with Crippen LogP contribution in [0.4, 0.5) is 0 Å². The fourth-order valence-electron chi connectivity index (χ4n) is 0.476. The first-order chi connectivity index (χ1) is 6.06. The van der Waals surface area contributed by atoms with Gasteiger partial charge >= 0.3 is 11.9 Å². The van der Waals surface area contributed by atoms with Gasteiger partial charge in [-0.2, -0.15) is 0 Å². The second kappa shape index (κ2) is 5.96. The average molecular weight is 186 g/mol. The summed E-state index contributed by atoms with van der Waals surface area (Å²) in [5.41, 5.74) is 0. The minimum absolute atomic E-state index is 0.329. The number of aliphatic hydroxyl groups excluding tert-OH is 1. The quantitative estimate of drug-likeness (QED) is 0.464. The lowest BCUT2D eigenvalue weighted by molar-refractivity contribution is -0.150. The molecule has 0 aromatic rings. The summed E-state index contributed by atoms with van der Waals surface area (Å²) in [6, 6.07) is 0. The van der Waals surface area contributed by atoms with Crippen LogP contribution >= 0.6 is 0 Å². The molecule has 0 saturated carbocycles. The van der Waals surface area contributed by atoms with Gasteiger partial charge in [-0.25, -0.2) is 4.79 Å². The molecule has 1 rings (SSSR count). The van der Waals surface area contributed by atoms with E-state index in [0.29, 0.717) is 0 Å². The van der Waals surface area contributed by atoms with Crippen molar-refractivity contribution in [3.05, 3.63) is 25.0 Å². The van der Waals surface area contributed by atoms with Crippen molar-refractivity contribution in [3.8, 4) is 0 Å². The van der Waals surface area contributed by atoms with Crippen molar-refractivity contribution in [2.45, 2.75) is 13.2 Å². The maximum absolute atomic E-state index is 9.98. The Labute approximate surface area is 75.3 Å². The third-order valence-corrected chi connectivity index (χ3v) is 0.883. The molecule has 0 saturated heterocycles. The maximum Gasteiger partial charge on any atom is 0.333 e. The molecule has 0 aromatic heterocycles. The molecule has 1 aliphatic rings. The largest absolute Gasteiger partial charge is 0.435 e. The van der Waals surface area contributed by atoms with E-state index in [9.17, 15) is 9.59 Å². The SMILES string of the molecule is C=COC(C)=O.O=C1C=CC(O)O1. The zero-order valence-corrected chi connectivity index (χ0v) is 7.10. The standard InChI is InChI=1S/C4H4O3.C4H6O2/c5-3-1-2-4(6)7-3;1-3-6-4(2)5/h1-3,5H;3H,1H2,2H3. The molecule has 0 amide bonds. The highest BCUT2D eigenvalue weighted by Crippen LogP contribution is 1.98. The van der Waals surface area contributed by atoms with Crippen molar-refractivity contribution >= 4 is 11.9 Å². The van der Waals surface area contributed by atoms with E-state index >= 15 is 0 Å². The number of hydrogen-bond donors (Lipinski definition) is 1. The number of esters is 2. The van der Waals surface area contributed by atoms with Crippen LogP contribution in [0.5, 0.6) is 0 Å². The number of cyclic esters (lactones) is 1. The fraction of sp³-hybridized carbons (Fsp3) is 0.250. The molecule has 1 heterocycles. The molecular formula is C8H10O5. The van der Waals surface area contributed by atoms with Crippen LogP contribution in [-0.4, -0.2) is 23.3 Å². The lowest BCUT2D eigenvalue weighted by atomic mass is 10.5. The second-order valence-electron chi connectivity index (χ2n) is 1.96. The minimum Gasteiger partial charge on any atom is -0.435 e. The second-order valence-corrected chi connectivity index (χ2v) is 1.96. The Morgan fingerprint density at radius 1 is 1.85 bits per heavy atom. The first kappa shape index (κ1) is 11.4. The highest BCUT2D eigenvalue weighted by atomic mass is 16.6. The van der Waals surface area contributed by atoms with Gasteiger partial charge in [0.1, 0.15) is 0 Å². The maximum atomic E-state index is 9.98. The smallest absolute Gasteiger partial charge is 0.333 e. The van der Waals surface area contributed by atoms with Crippen LogP contribution in [0.25, 0.3) is 0 Å². The molecular weight excluding hydrogens is 176 g/mol. The molecule has 1 aliphatic heterocycles. The summed E-state index contributed by atoms with van der Waals surface area (Å²) in [6.45, 7) is 4.48. The number of carbonyl (C=O) groups is 2. The Bertz CT molecular complexity index is 231. The van der Waals surface area contributed by atoms with E-state index in [0.717, 1.165) is 6.26 Å². The Kier molecular flexibility index (Phi) is 5.22. The summed E-state index contributed by atoms with van der Waals surface area (Å²) in [4.78, 5) is 19.7. The van der Waals surface area contributed by atoms with Crippen LogP contribution in [0.1, 0.15) is 6.92 Å². The zero-order chi connectivity index (χ0) is 10.3. The molecule has 13 heavy (non-hydrogen) atoms. The van der Waals surface area contributed by atoms with Crippen LogP contribution in [0.3, 0.4) is 0 Å². The number of ether oxygens (including phenoxy) is 2. The van der Waals surface area contributed by atoms with Gasteiger partial charge in [-0.1, -0.05) is 6.58 Å². The van der Waals surface area contributed by atoms with Crippen LogP contribution in [0.15, 0.2) is 25.0 Å². The van der Waals surface area contributed by atoms with E-state index in [4.69, 9.17) is 5.11 Å². The molecule has 5 nitrogen and oxygen atoms in total. The molecule has 0 spiro atoms. The van der Waals surface area contributed by atoms with Crippen molar-refractivity contribution in [1.29, 1.82) is 0 Å². The Balaban J connectivity index is 0.000000226. The molecule has 0 aromatic carbocycles. The zero-order valence-electron chi connectivity index (χ0n) is 7.10. The van der Waals surface area contributed by atoms with Gasteiger partial charge in [-0.3, -0.25) is 4.79 Å².